The topological polar surface area (TPSA) is 12.9 Å². The largest absolute Gasteiger partial charge is 0.261 e. The number of halogens is 3. The molecule has 0 spiro atoms. The Kier molecular flexibility index (Phi) is 4.43. The molecule has 0 radical (unpaired) electrons. The molecule has 0 amide bonds. The van der Waals surface area contributed by atoms with Crippen molar-refractivity contribution in [1.82, 2.24) is 4.98 Å². The van der Waals surface area contributed by atoms with Gasteiger partial charge in [0.15, 0.2) is 0 Å². The van der Waals surface area contributed by atoms with Crippen LogP contribution < -0.4 is 0 Å². The van der Waals surface area contributed by atoms with E-state index in [-0.39, 0.29) is 5.38 Å². The summed E-state index contributed by atoms with van der Waals surface area (Å²) in [5.74, 6) is 0. The van der Waals surface area contributed by atoms with Crippen LogP contribution in [0.1, 0.15) is 16.6 Å². The molecule has 0 fully saturated rings. The number of rotatable bonds is 3. The lowest BCUT2D eigenvalue weighted by atomic mass is 10.1. The minimum atomic E-state index is -0.141. The van der Waals surface area contributed by atoms with Gasteiger partial charge in [-0.25, -0.2) is 0 Å². The summed E-state index contributed by atoms with van der Waals surface area (Å²) >= 11 is 15.8. The molecular weight excluding hydrogens is 321 g/mol. The maximum absolute atomic E-state index is 6.39. The third-order valence-electron chi connectivity index (χ3n) is 2.41. The van der Waals surface area contributed by atoms with Crippen molar-refractivity contribution in [2.75, 3.05) is 0 Å². The molecule has 1 heterocycles. The van der Waals surface area contributed by atoms with Crippen molar-refractivity contribution < 1.29 is 0 Å². The minimum absolute atomic E-state index is 0.141. The van der Waals surface area contributed by atoms with E-state index < -0.39 is 0 Å². The van der Waals surface area contributed by atoms with Crippen LogP contribution in [-0.2, 0) is 6.42 Å². The van der Waals surface area contributed by atoms with Gasteiger partial charge < -0.3 is 0 Å². The summed E-state index contributed by atoms with van der Waals surface area (Å²) < 4.78 is 0.970. The molecule has 88 valence electrons. The molecular formula is C13H10BrCl2N. The number of aromatic nitrogens is 1. The molecule has 1 aromatic heterocycles. The molecule has 0 saturated heterocycles. The van der Waals surface area contributed by atoms with E-state index in [9.17, 15) is 0 Å². The van der Waals surface area contributed by atoms with Crippen LogP contribution in [0.4, 0.5) is 0 Å². The zero-order valence-corrected chi connectivity index (χ0v) is 12.0. The quantitative estimate of drug-likeness (QED) is 0.720. The van der Waals surface area contributed by atoms with E-state index in [2.05, 4.69) is 20.9 Å². The summed E-state index contributed by atoms with van der Waals surface area (Å²) in [5, 5.41) is 0.549. The molecule has 2 rings (SSSR count). The Morgan fingerprint density at radius 2 is 2.06 bits per heavy atom. The number of nitrogens with zero attached hydrogens (tertiary/aromatic N) is 1. The molecule has 1 unspecified atom stereocenters. The fourth-order valence-electron chi connectivity index (χ4n) is 1.57. The SMILES string of the molecule is Clc1ccc(Br)c(C(Cl)Cc2ccccn2)c1. The lowest BCUT2D eigenvalue weighted by molar-refractivity contribution is 0.877. The molecule has 0 bridgehead atoms. The second-order valence-corrected chi connectivity index (χ2v) is 5.48. The van der Waals surface area contributed by atoms with Crippen molar-refractivity contribution in [1.29, 1.82) is 0 Å². The van der Waals surface area contributed by atoms with Crippen molar-refractivity contribution in [2.45, 2.75) is 11.8 Å². The third-order valence-corrected chi connectivity index (χ3v) is 3.76. The Morgan fingerprint density at radius 1 is 1.24 bits per heavy atom. The van der Waals surface area contributed by atoms with Crippen molar-refractivity contribution in [2.24, 2.45) is 0 Å². The fourth-order valence-corrected chi connectivity index (χ4v) is 2.74. The monoisotopic (exact) mass is 329 g/mol. The van der Waals surface area contributed by atoms with Crippen LogP contribution in [0.3, 0.4) is 0 Å². The van der Waals surface area contributed by atoms with E-state index in [1.165, 1.54) is 0 Å². The van der Waals surface area contributed by atoms with E-state index in [4.69, 9.17) is 23.2 Å². The molecule has 0 N–H and O–H groups in total. The number of hydrogen-bond donors (Lipinski definition) is 0. The lowest BCUT2D eigenvalue weighted by Crippen LogP contribution is -1.98. The van der Waals surface area contributed by atoms with Gasteiger partial charge in [0.2, 0.25) is 0 Å². The van der Waals surface area contributed by atoms with Crippen LogP contribution in [0.15, 0.2) is 47.1 Å². The van der Waals surface area contributed by atoms with Crippen molar-refractivity contribution in [3.8, 4) is 0 Å². The van der Waals surface area contributed by atoms with Crippen LogP contribution in [0.2, 0.25) is 5.02 Å². The Morgan fingerprint density at radius 3 is 2.76 bits per heavy atom. The van der Waals surface area contributed by atoms with Crippen LogP contribution in [-0.4, -0.2) is 4.98 Å². The van der Waals surface area contributed by atoms with E-state index in [1.54, 1.807) is 6.20 Å². The zero-order valence-electron chi connectivity index (χ0n) is 8.91. The number of benzene rings is 1. The summed E-state index contributed by atoms with van der Waals surface area (Å²) in [6.45, 7) is 0. The molecule has 0 aliphatic heterocycles. The van der Waals surface area contributed by atoms with Gasteiger partial charge in [-0.2, -0.15) is 0 Å². The molecule has 1 aromatic carbocycles. The van der Waals surface area contributed by atoms with E-state index in [0.717, 1.165) is 15.7 Å². The first kappa shape index (κ1) is 12.9. The van der Waals surface area contributed by atoms with Gasteiger partial charge in [-0.15, -0.1) is 11.6 Å². The molecule has 1 nitrogen and oxygen atoms in total. The number of hydrogen-bond acceptors (Lipinski definition) is 1. The Bertz CT molecular complexity index is 502. The predicted octanol–water partition coefficient (Wildman–Crippen LogP) is 5.02. The Labute approximate surface area is 119 Å². The van der Waals surface area contributed by atoms with Gasteiger partial charge in [-0.1, -0.05) is 33.6 Å². The average Bonchev–Trinajstić information content (AvgIpc) is 2.33. The van der Waals surface area contributed by atoms with Crippen LogP contribution in [0.25, 0.3) is 0 Å². The average molecular weight is 331 g/mol. The predicted molar refractivity (Wildman–Crippen MR) is 75.7 cm³/mol. The summed E-state index contributed by atoms with van der Waals surface area (Å²) in [6, 6.07) is 11.4. The van der Waals surface area contributed by atoms with Gasteiger partial charge in [0.1, 0.15) is 0 Å². The lowest BCUT2D eigenvalue weighted by Gasteiger charge is -2.11. The zero-order chi connectivity index (χ0) is 12.3. The maximum Gasteiger partial charge on any atom is 0.0652 e. The molecule has 2 aromatic rings. The van der Waals surface area contributed by atoms with E-state index in [0.29, 0.717) is 11.4 Å². The molecule has 17 heavy (non-hydrogen) atoms. The van der Waals surface area contributed by atoms with Gasteiger partial charge in [0.05, 0.1) is 5.38 Å². The van der Waals surface area contributed by atoms with Crippen molar-refractivity contribution in [3.63, 3.8) is 0 Å². The summed E-state index contributed by atoms with van der Waals surface area (Å²) in [4.78, 5) is 4.26. The van der Waals surface area contributed by atoms with Gasteiger partial charge in [0.25, 0.3) is 0 Å². The highest BCUT2D eigenvalue weighted by Crippen LogP contribution is 2.32. The van der Waals surface area contributed by atoms with Crippen molar-refractivity contribution in [3.05, 3.63) is 63.3 Å². The minimum Gasteiger partial charge on any atom is -0.261 e. The van der Waals surface area contributed by atoms with Gasteiger partial charge >= 0.3 is 0 Å². The molecule has 0 aliphatic carbocycles. The Balaban J connectivity index is 2.20. The first-order valence-electron chi connectivity index (χ1n) is 5.16. The molecule has 0 saturated carbocycles. The molecule has 0 aliphatic rings. The second kappa shape index (κ2) is 5.85. The highest BCUT2D eigenvalue weighted by molar-refractivity contribution is 9.10. The van der Waals surface area contributed by atoms with Gasteiger partial charge in [0, 0.05) is 27.8 Å². The van der Waals surface area contributed by atoms with Gasteiger partial charge in [-0.05, 0) is 35.9 Å². The second-order valence-electron chi connectivity index (χ2n) is 3.66. The summed E-state index contributed by atoms with van der Waals surface area (Å²) in [7, 11) is 0. The van der Waals surface area contributed by atoms with E-state index in [1.807, 2.05) is 36.4 Å². The standard InChI is InChI=1S/C13H10BrCl2N/c14-12-5-4-9(15)7-11(12)13(16)8-10-3-1-2-6-17-10/h1-7,13H,8H2. The van der Waals surface area contributed by atoms with Crippen LogP contribution in [0, 0.1) is 0 Å². The molecule has 1 atom stereocenters. The highest BCUT2D eigenvalue weighted by Gasteiger charge is 2.13. The van der Waals surface area contributed by atoms with Gasteiger partial charge in [-0.3, -0.25) is 4.98 Å². The normalized spacial score (nSPS) is 12.4. The third kappa shape index (κ3) is 3.44. The number of alkyl halides is 1. The maximum atomic E-state index is 6.39. The number of pyridine rings is 1. The molecule has 4 heteroatoms. The van der Waals surface area contributed by atoms with E-state index >= 15 is 0 Å². The summed E-state index contributed by atoms with van der Waals surface area (Å²) in [5.41, 5.74) is 1.96. The first-order valence-corrected chi connectivity index (χ1v) is 6.76. The smallest absolute Gasteiger partial charge is 0.0652 e. The fraction of sp³-hybridized carbons (Fsp3) is 0.154. The Hall–Kier alpha value is -0.570. The van der Waals surface area contributed by atoms with Crippen molar-refractivity contribution >= 4 is 39.1 Å². The highest BCUT2D eigenvalue weighted by atomic mass is 79.9. The van der Waals surface area contributed by atoms with Crippen LogP contribution in [0.5, 0.6) is 0 Å². The first-order chi connectivity index (χ1) is 8.16. The van der Waals surface area contributed by atoms with Crippen LogP contribution >= 0.6 is 39.1 Å². The summed E-state index contributed by atoms with van der Waals surface area (Å²) in [6.07, 6.45) is 2.45.